The fraction of sp³-hybridized carbons (Fsp3) is 0.423. The van der Waals surface area contributed by atoms with E-state index in [1.165, 1.54) is 27.8 Å². The van der Waals surface area contributed by atoms with Gasteiger partial charge >= 0.3 is 0 Å². The summed E-state index contributed by atoms with van der Waals surface area (Å²) < 4.78 is 0. The Kier molecular flexibility index (Phi) is 10.4. The van der Waals surface area contributed by atoms with Crippen LogP contribution in [0.1, 0.15) is 131 Å². The first kappa shape index (κ1) is 39.5. The van der Waals surface area contributed by atoms with Crippen LogP contribution in [-0.2, 0) is 16.2 Å². The van der Waals surface area contributed by atoms with Crippen molar-refractivity contribution in [1.82, 2.24) is 0 Å². The van der Waals surface area contributed by atoms with E-state index in [1.54, 1.807) is 0 Å². The van der Waals surface area contributed by atoms with E-state index in [0.717, 1.165) is 95.9 Å². The number of aryl methyl sites for hydroxylation is 8. The molecule has 2 aliphatic rings. The summed E-state index contributed by atoms with van der Waals surface area (Å²) in [6.45, 7) is 18.6. The van der Waals surface area contributed by atoms with Crippen LogP contribution in [0.5, 0.6) is 23.0 Å². The van der Waals surface area contributed by atoms with Gasteiger partial charge in [0.1, 0.15) is 23.0 Å². The first-order valence-electron chi connectivity index (χ1n) is 20.8. The fourth-order valence-corrected chi connectivity index (χ4v) is 11.4. The minimum Gasteiger partial charge on any atom is -0.507 e. The predicted octanol–water partition coefficient (Wildman–Crippen LogP) is 12.6. The van der Waals surface area contributed by atoms with Gasteiger partial charge in [0.2, 0.25) is 0 Å². The van der Waals surface area contributed by atoms with Crippen molar-refractivity contribution < 1.29 is 20.4 Å². The smallest absolute Gasteiger partial charge is 0.121 e. The fourth-order valence-electron chi connectivity index (χ4n) is 11.4. The van der Waals surface area contributed by atoms with Gasteiger partial charge in [-0.05, 0) is 196 Å². The summed E-state index contributed by atoms with van der Waals surface area (Å²) in [4.78, 5) is 0. The number of benzene rings is 5. The standard InChI is InChI=1S/C52H62O4/c1-31-23-42(24-32(2)46(31)53)51(43-25-33(3)47(54)34(4)26-43)19-15-40(16-20-51)50(9,39-13-11-10-12-14-39)41-17-21-52(22-18-41,44-27-35(5)48(55)36(6)28-44)45-29-37(7)49(56)38(8)30-45/h10-14,23-30,40-41,53-56H,15-22H2,1-9H3. The zero-order chi connectivity index (χ0) is 40.3. The summed E-state index contributed by atoms with van der Waals surface area (Å²) in [6, 6.07) is 28.9. The molecule has 4 nitrogen and oxygen atoms in total. The Labute approximate surface area is 335 Å². The van der Waals surface area contributed by atoms with Crippen molar-refractivity contribution in [1.29, 1.82) is 0 Å². The molecule has 0 heterocycles. The summed E-state index contributed by atoms with van der Waals surface area (Å²) >= 11 is 0. The van der Waals surface area contributed by atoms with Gasteiger partial charge in [-0.15, -0.1) is 0 Å². The quantitative estimate of drug-likeness (QED) is 0.134. The summed E-state index contributed by atoms with van der Waals surface area (Å²) in [5, 5.41) is 43.3. The lowest BCUT2D eigenvalue weighted by Crippen LogP contribution is -2.47. The number of phenolic OH excluding ortho intramolecular Hbond substituents is 4. The molecule has 0 saturated heterocycles. The van der Waals surface area contributed by atoms with E-state index in [1.807, 2.05) is 55.4 Å². The van der Waals surface area contributed by atoms with Crippen LogP contribution >= 0.6 is 0 Å². The average molecular weight is 751 g/mol. The minimum absolute atomic E-state index is 0.0528. The molecule has 2 aliphatic carbocycles. The predicted molar refractivity (Wildman–Crippen MR) is 230 cm³/mol. The third-order valence-electron chi connectivity index (χ3n) is 14.9. The molecule has 0 aromatic heterocycles. The maximum atomic E-state index is 10.8. The third kappa shape index (κ3) is 6.47. The molecule has 7 rings (SSSR count). The van der Waals surface area contributed by atoms with Crippen molar-refractivity contribution in [3.8, 4) is 23.0 Å². The summed E-state index contributed by atoms with van der Waals surface area (Å²) in [5.41, 5.74) is 13.2. The minimum atomic E-state index is -0.231. The Morgan fingerprint density at radius 1 is 0.411 bits per heavy atom. The van der Waals surface area contributed by atoms with E-state index in [-0.39, 0.29) is 16.2 Å². The molecule has 0 spiro atoms. The third-order valence-corrected chi connectivity index (χ3v) is 14.9. The molecule has 0 atom stereocenters. The Morgan fingerprint density at radius 2 is 0.643 bits per heavy atom. The number of rotatable bonds is 7. The highest BCUT2D eigenvalue weighted by atomic mass is 16.3. The zero-order valence-corrected chi connectivity index (χ0v) is 35.1. The SMILES string of the molecule is Cc1cc(C2(c3cc(C)c(O)c(C)c3)CCC(C(C)(c3ccccc3)C3CCC(c4cc(C)c(O)c(C)c4)(c4cc(C)c(O)c(C)c4)CC3)CC2)cc(C)c1O. The summed E-state index contributed by atoms with van der Waals surface area (Å²) in [5.74, 6) is 2.41. The number of aromatic hydroxyl groups is 4. The van der Waals surface area contributed by atoms with E-state index in [0.29, 0.717) is 34.8 Å². The lowest BCUT2D eigenvalue weighted by Gasteiger charge is -2.53. The second-order valence-electron chi connectivity index (χ2n) is 18.2. The van der Waals surface area contributed by atoms with Crippen molar-refractivity contribution in [3.63, 3.8) is 0 Å². The van der Waals surface area contributed by atoms with Gasteiger partial charge in [-0.3, -0.25) is 0 Å². The van der Waals surface area contributed by atoms with Crippen LogP contribution in [-0.4, -0.2) is 20.4 Å². The first-order valence-corrected chi connectivity index (χ1v) is 20.8. The maximum absolute atomic E-state index is 10.8. The molecule has 0 unspecified atom stereocenters. The van der Waals surface area contributed by atoms with Gasteiger partial charge in [0, 0.05) is 10.8 Å². The zero-order valence-electron chi connectivity index (χ0n) is 35.1. The molecule has 0 amide bonds. The Hall–Kier alpha value is -4.70. The Balaban J connectivity index is 1.28. The molecule has 0 bridgehead atoms. The van der Waals surface area contributed by atoms with E-state index >= 15 is 0 Å². The molecule has 4 N–H and O–H groups in total. The van der Waals surface area contributed by atoms with Crippen LogP contribution in [0.25, 0.3) is 0 Å². The molecule has 0 aliphatic heterocycles. The van der Waals surface area contributed by atoms with Crippen LogP contribution in [0.15, 0.2) is 78.9 Å². The van der Waals surface area contributed by atoms with Gasteiger partial charge in [0.25, 0.3) is 0 Å². The van der Waals surface area contributed by atoms with Gasteiger partial charge in [-0.25, -0.2) is 0 Å². The van der Waals surface area contributed by atoms with E-state index in [9.17, 15) is 20.4 Å². The number of hydrogen-bond acceptors (Lipinski definition) is 4. The van der Waals surface area contributed by atoms with Crippen LogP contribution in [0, 0.1) is 67.2 Å². The number of hydrogen-bond donors (Lipinski definition) is 4. The van der Waals surface area contributed by atoms with Crippen molar-refractivity contribution >= 4 is 0 Å². The Morgan fingerprint density at radius 3 is 0.875 bits per heavy atom. The second-order valence-corrected chi connectivity index (χ2v) is 18.2. The van der Waals surface area contributed by atoms with Crippen LogP contribution in [0.2, 0.25) is 0 Å². The van der Waals surface area contributed by atoms with Crippen LogP contribution < -0.4 is 0 Å². The molecule has 5 aromatic rings. The van der Waals surface area contributed by atoms with Crippen molar-refractivity contribution in [2.75, 3.05) is 0 Å². The van der Waals surface area contributed by atoms with Crippen molar-refractivity contribution in [2.24, 2.45) is 11.8 Å². The van der Waals surface area contributed by atoms with Crippen LogP contribution in [0.3, 0.4) is 0 Å². The summed E-state index contributed by atoms with van der Waals surface area (Å²) in [7, 11) is 0. The second kappa shape index (κ2) is 14.7. The molecule has 294 valence electrons. The maximum Gasteiger partial charge on any atom is 0.121 e. The largest absolute Gasteiger partial charge is 0.507 e. The molecule has 4 heteroatoms. The molecule has 0 radical (unpaired) electrons. The lowest BCUT2D eigenvalue weighted by atomic mass is 9.50. The van der Waals surface area contributed by atoms with E-state index in [2.05, 4.69) is 85.8 Å². The van der Waals surface area contributed by atoms with Crippen LogP contribution in [0.4, 0.5) is 0 Å². The highest BCUT2D eigenvalue weighted by Gasteiger charge is 2.51. The lowest BCUT2D eigenvalue weighted by molar-refractivity contribution is 0.0850. The van der Waals surface area contributed by atoms with Gasteiger partial charge in [0.15, 0.2) is 0 Å². The molecule has 2 fully saturated rings. The first-order chi connectivity index (χ1) is 26.5. The highest BCUT2D eigenvalue weighted by Crippen LogP contribution is 2.59. The van der Waals surface area contributed by atoms with E-state index in [4.69, 9.17) is 0 Å². The average Bonchev–Trinajstić information content (AvgIpc) is 3.19. The van der Waals surface area contributed by atoms with Gasteiger partial charge in [-0.1, -0.05) is 85.8 Å². The monoisotopic (exact) mass is 750 g/mol. The van der Waals surface area contributed by atoms with E-state index < -0.39 is 0 Å². The summed E-state index contributed by atoms with van der Waals surface area (Å²) in [6.07, 6.45) is 8.22. The topological polar surface area (TPSA) is 80.9 Å². The molecular weight excluding hydrogens is 689 g/mol. The molecule has 2 saturated carbocycles. The van der Waals surface area contributed by atoms with Crippen molar-refractivity contribution in [3.05, 3.63) is 151 Å². The molecule has 5 aromatic carbocycles. The van der Waals surface area contributed by atoms with Gasteiger partial charge < -0.3 is 20.4 Å². The normalized spacial score (nSPS) is 17.6. The Bertz CT molecular complexity index is 1910. The molecule has 56 heavy (non-hydrogen) atoms. The van der Waals surface area contributed by atoms with Gasteiger partial charge in [-0.2, -0.15) is 0 Å². The van der Waals surface area contributed by atoms with Crippen molar-refractivity contribution in [2.45, 2.75) is 130 Å². The highest BCUT2D eigenvalue weighted by molar-refractivity contribution is 5.54. The molecular formula is C52H62O4. The van der Waals surface area contributed by atoms with Gasteiger partial charge in [0.05, 0.1) is 0 Å². The number of phenols is 4.